The summed E-state index contributed by atoms with van der Waals surface area (Å²) in [6, 6.07) is -0.621. The third-order valence-corrected chi connectivity index (χ3v) is 4.65. The van der Waals surface area contributed by atoms with E-state index in [0.29, 0.717) is 15.8 Å². The number of carbonyl (C=O) groups excluding carboxylic acids is 2. The maximum atomic E-state index is 11.6. The highest BCUT2D eigenvalue weighted by Crippen LogP contribution is 2.27. The second-order valence-corrected chi connectivity index (χ2v) is 6.79. The predicted octanol–water partition coefficient (Wildman–Crippen LogP) is 2.94. The Morgan fingerprint density at radius 3 is 2.77 bits per heavy atom. The fourth-order valence-corrected chi connectivity index (χ4v) is 3.13. The van der Waals surface area contributed by atoms with Crippen LogP contribution >= 0.6 is 23.1 Å². The SMILES string of the molecule is CCCCCCC(=O)NC(=O)Nc1ncc(SCC(=O)O)s1. The van der Waals surface area contributed by atoms with Crippen LogP contribution in [0, 0.1) is 0 Å². The molecule has 0 radical (unpaired) electrons. The first kappa shape index (κ1) is 18.4. The summed E-state index contributed by atoms with van der Waals surface area (Å²) >= 11 is 2.28. The lowest BCUT2D eigenvalue weighted by Gasteiger charge is -2.04. The largest absolute Gasteiger partial charge is 0.481 e. The van der Waals surface area contributed by atoms with E-state index < -0.39 is 12.0 Å². The smallest absolute Gasteiger partial charge is 0.327 e. The first-order valence-corrected chi connectivity index (χ1v) is 8.72. The monoisotopic (exact) mass is 345 g/mol. The van der Waals surface area contributed by atoms with Crippen molar-refractivity contribution in [2.45, 2.75) is 43.2 Å². The molecule has 0 aromatic carbocycles. The van der Waals surface area contributed by atoms with Crippen molar-refractivity contribution in [1.82, 2.24) is 10.3 Å². The van der Waals surface area contributed by atoms with E-state index in [9.17, 15) is 14.4 Å². The fraction of sp³-hybridized carbons (Fsp3) is 0.538. The highest BCUT2D eigenvalue weighted by Gasteiger charge is 2.11. The van der Waals surface area contributed by atoms with Crippen LogP contribution in [0.15, 0.2) is 10.4 Å². The van der Waals surface area contributed by atoms with E-state index in [-0.39, 0.29) is 11.7 Å². The van der Waals surface area contributed by atoms with Crippen molar-refractivity contribution < 1.29 is 19.5 Å². The molecule has 0 bridgehead atoms. The lowest BCUT2D eigenvalue weighted by molar-refractivity contribution is -0.134. The van der Waals surface area contributed by atoms with Gasteiger partial charge in [0.1, 0.15) is 0 Å². The summed E-state index contributed by atoms with van der Waals surface area (Å²) in [5, 5.41) is 13.6. The van der Waals surface area contributed by atoms with Crippen LogP contribution in [0.2, 0.25) is 0 Å². The molecule has 3 N–H and O–H groups in total. The molecule has 1 aromatic rings. The van der Waals surface area contributed by atoms with E-state index in [4.69, 9.17) is 5.11 Å². The molecule has 0 atom stereocenters. The molecule has 122 valence electrons. The average molecular weight is 345 g/mol. The summed E-state index contributed by atoms with van der Waals surface area (Å²) in [5.74, 6) is -1.30. The van der Waals surface area contributed by atoms with Gasteiger partial charge in [-0.25, -0.2) is 9.78 Å². The van der Waals surface area contributed by atoms with Gasteiger partial charge in [0.2, 0.25) is 5.91 Å². The van der Waals surface area contributed by atoms with Gasteiger partial charge >= 0.3 is 12.0 Å². The second-order valence-electron chi connectivity index (χ2n) is 4.48. The molecule has 0 aliphatic rings. The number of nitrogens with zero attached hydrogens (tertiary/aromatic N) is 1. The van der Waals surface area contributed by atoms with Gasteiger partial charge in [0, 0.05) is 6.42 Å². The summed E-state index contributed by atoms with van der Waals surface area (Å²) in [6.07, 6.45) is 5.72. The Morgan fingerprint density at radius 2 is 2.09 bits per heavy atom. The van der Waals surface area contributed by atoms with Crippen LogP contribution in [-0.2, 0) is 9.59 Å². The Kier molecular flexibility index (Phi) is 8.53. The summed E-state index contributed by atoms with van der Waals surface area (Å²) < 4.78 is 0.684. The first-order valence-electron chi connectivity index (χ1n) is 6.92. The van der Waals surface area contributed by atoms with E-state index in [1.807, 2.05) is 0 Å². The zero-order valence-corrected chi connectivity index (χ0v) is 13.9. The van der Waals surface area contributed by atoms with Crippen molar-refractivity contribution in [3.05, 3.63) is 6.20 Å². The predicted molar refractivity (Wildman–Crippen MR) is 86.4 cm³/mol. The van der Waals surface area contributed by atoms with Crippen LogP contribution in [0.1, 0.15) is 39.0 Å². The minimum Gasteiger partial charge on any atom is -0.481 e. The lowest BCUT2D eigenvalue weighted by Crippen LogP contribution is -2.34. The van der Waals surface area contributed by atoms with E-state index in [1.54, 1.807) is 0 Å². The molecule has 0 saturated carbocycles. The van der Waals surface area contributed by atoms with E-state index in [0.717, 1.165) is 48.8 Å². The Hall–Kier alpha value is -1.61. The number of carbonyl (C=O) groups is 3. The zero-order valence-electron chi connectivity index (χ0n) is 12.3. The van der Waals surface area contributed by atoms with Crippen molar-refractivity contribution in [1.29, 1.82) is 0 Å². The molecule has 0 spiro atoms. The standard InChI is InChI=1S/C13H19N3O4S2/c1-2-3-4-5-6-9(17)15-12(20)16-13-14-7-11(22-13)21-8-10(18)19/h7H,2-6,8H2,1H3,(H,18,19)(H2,14,15,16,17,20). The van der Waals surface area contributed by atoms with Gasteiger partial charge in [-0.1, -0.05) is 37.5 Å². The number of aliphatic carboxylic acids is 1. The minimum atomic E-state index is -0.917. The number of hydrogen-bond acceptors (Lipinski definition) is 6. The molecule has 22 heavy (non-hydrogen) atoms. The molecular formula is C13H19N3O4S2. The number of thioether (sulfide) groups is 1. The van der Waals surface area contributed by atoms with E-state index in [2.05, 4.69) is 22.5 Å². The number of carboxylic acids is 1. The molecule has 1 aromatic heterocycles. The Balaban J connectivity index is 2.29. The molecular weight excluding hydrogens is 326 g/mol. The van der Waals surface area contributed by atoms with Crippen molar-refractivity contribution >= 4 is 46.1 Å². The van der Waals surface area contributed by atoms with Crippen LogP contribution in [-0.4, -0.2) is 33.8 Å². The number of hydrogen-bond donors (Lipinski definition) is 3. The molecule has 0 aliphatic heterocycles. The maximum absolute atomic E-state index is 11.6. The highest BCUT2D eigenvalue weighted by molar-refractivity contribution is 8.01. The Morgan fingerprint density at radius 1 is 1.32 bits per heavy atom. The number of imide groups is 1. The van der Waals surface area contributed by atoms with Gasteiger partial charge in [-0.2, -0.15) is 0 Å². The van der Waals surface area contributed by atoms with E-state index in [1.165, 1.54) is 6.20 Å². The lowest BCUT2D eigenvalue weighted by atomic mass is 10.1. The average Bonchev–Trinajstić information content (AvgIpc) is 2.88. The van der Waals surface area contributed by atoms with Crippen LogP contribution in [0.3, 0.4) is 0 Å². The van der Waals surface area contributed by atoms with Gasteiger partial charge < -0.3 is 5.11 Å². The number of aromatic nitrogens is 1. The van der Waals surface area contributed by atoms with Gasteiger partial charge in [0.15, 0.2) is 5.13 Å². The highest BCUT2D eigenvalue weighted by atomic mass is 32.2. The van der Waals surface area contributed by atoms with Gasteiger partial charge in [-0.05, 0) is 6.42 Å². The number of amides is 3. The van der Waals surface area contributed by atoms with Crippen molar-refractivity contribution in [3.63, 3.8) is 0 Å². The molecule has 0 saturated heterocycles. The third-order valence-electron chi connectivity index (χ3n) is 2.55. The topological polar surface area (TPSA) is 108 Å². The molecule has 7 nitrogen and oxygen atoms in total. The van der Waals surface area contributed by atoms with Gasteiger partial charge in [0.25, 0.3) is 0 Å². The summed E-state index contributed by atoms with van der Waals surface area (Å²) in [7, 11) is 0. The molecule has 0 unspecified atom stereocenters. The molecule has 9 heteroatoms. The molecule has 1 rings (SSSR count). The minimum absolute atomic E-state index is 0.0654. The fourth-order valence-electron chi connectivity index (χ4n) is 1.55. The van der Waals surface area contributed by atoms with Gasteiger partial charge in [0.05, 0.1) is 16.2 Å². The number of urea groups is 1. The first-order chi connectivity index (χ1) is 10.5. The number of carboxylic acid groups (broad SMARTS) is 1. The summed E-state index contributed by atoms with van der Waals surface area (Å²) in [5.41, 5.74) is 0. The van der Waals surface area contributed by atoms with Gasteiger partial charge in [-0.15, -0.1) is 11.8 Å². The second kappa shape index (κ2) is 10.2. The van der Waals surface area contributed by atoms with Crippen LogP contribution in [0.5, 0.6) is 0 Å². The number of rotatable bonds is 9. The number of anilines is 1. The quantitative estimate of drug-likeness (QED) is 0.469. The van der Waals surface area contributed by atoms with Crippen LogP contribution in [0.4, 0.5) is 9.93 Å². The molecule has 0 fully saturated rings. The Bertz CT molecular complexity index is 519. The normalized spacial score (nSPS) is 10.2. The third kappa shape index (κ3) is 7.99. The van der Waals surface area contributed by atoms with Gasteiger partial charge in [-0.3, -0.25) is 20.2 Å². The van der Waals surface area contributed by atoms with Crippen LogP contribution in [0.25, 0.3) is 0 Å². The maximum Gasteiger partial charge on any atom is 0.327 e. The van der Waals surface area contributed by atoms with E-state index >= 15 is 0 Å². The van der Waals surface area contributed by atoms with Crippen molar-refractivity contribution in [3.8, 4) is 0 Å². The molecule has 0 aliphatic carbocycles. The molecule has 3 amide bonds. The van der Waals surface area contributed by atoms with Crippen LogP contribution < -0.4 is 10.6 Å². The number of unbranched alkanes of at least 4 members (excludes halogenated alkanes) is 3. The number of thiazole rings is 1. The summed E-state index contributed by atoms with van der Waals surface area (Å²) in [4.78, 5) is 37.5. The molecule has 1 heterocycles. The van der Waals surface area contributed by atoms with Crippen molar-refractivity contribution in [2.75, 3.05) is 11.1 Å². The van der Waals surface area contributed by atoms with Crippen molar-refractivity contribution in [2.24, 2.45) is 0 Å². The zero-order chi connectivity index (χ0) is 16.4. The summed E-state index contributed by atoms with van der Waals surface area (Å²) in [6.45, 7) is 2.09. The number of nitrogens with one attached hydrogen (secondary N) is 2. The Labute approximate surface area is 136 Å².